The lowest BCUT2D eigenvalue weighted by molar-refractivity contribution is 0.686. The number of hydrogen-bond acceptors (Lipinski definition) is 2. The Morgan fingerprint density at radius 3 is 2.69 bits per heavy atom. The highest BCUT2D eigenvalue weighted by atomic mass is 15.3. The maximum absolute atomic E-state index is 6.10. The van der Waals surface area contributed by atoms with Gasteiger partial charge < -0.3 is 5.73 Å². The van der Waals surface area contributed by atoms with Crippen molar-refractivity contribution in [2.24, 2.45) is 5.73 Å². The van der Waals surface area contributed by atoms with Crippen molar-refractivity contribution < 1.29 is 0 Å². The molecule has 0 spiro atoms. The number of para-hydroxylation sites is 1. The lowest BCUT2D eigenvalue weighted by Gasteiger charge is -2.14. The lowest BCUT2D eigenvalue weighted by Crippen LogP contribution is -2.12. The van der Waals surface area contributed by atoms with E-state index >= 15 is 0 Å². The Bertz CT molecular complexity index is 474. The van der Waals surface area contributed by atoms with E-state index in [4.69, 9.17) is 5.73 Å². The van der Waals surface area contributed by atoms with Crippen molar-refractivity contribution in [1.82, 2.24) is 9.78 Å². The minimum absolute atomic E-state index is 0.0701. The molecule has 0 unspecified atom stereocenters. The van der Waals surface area contributed by atoms with Crippen LogP contribution in [0.15, 0.2) is 36.5 Å². The first-order valence-corrected chi connectivity index (χ1v) is 5.59. The van der Waals surface area contributed by atoms with Crippen molar-refractivity contribution >= 4 is 0 Å². The second kappa shape index (κ2) is 4.49. The van der Waals surface area contributed by atoms with E-state index in [1.807, 2.05) is 36.0 Å². The van der Waals surface area contributed by atoms with Gasteiger partial charge in [-0.25, -0.2) is 4.68 Å². The van der Waals surface area contributed by atoms with Crippen LogP contribution in [0.25, 0.3) is 5.69 Å². The van der Waals surface area contributed by atoms with Gasteiger partial charge in [0.15, 0.2) is 0 Å². The van der Waals surface area contributed by atoms with E-state index in [2.05, 4.69) is 24.2 Å². The van der Waals surface area contributed by atoms with Crippen LogP contribution in [0.1, 0.15) is 30.6 Å². The van der Waals surface area contributed by atoms with Crippen LogP contribution >= 0.6 is 0 Å². The molecule has 0 aliphatic heterocycles. The molecule has 3 nitrogen and oxygen atoms in total. The van der Waals surface area contributed by atoms with Crippen molar-refractivity contribution in [3.63, 3.8) is 0 Å². The summed E-state index contributed by atoms with van der Waals surface area (Å²) < 4.78 is 1.89. The summed E-state index contributed by atoms with van der Waals surface area (Å²) in [5.41, 5.74) is 9.33. The van der Waals surface area contributed by atoms with Crippen LogP contribution in [-0.4, -0.2) is 9.78 Å². The van der Waals surface area contributed by atoms with Gasteiger partial charge in [0.1, 0.15) is 0 Å². The van der Waals surface area contributed by atoms with Gasteiger partial charge in [-0.3, -0.25) is 0 Å². The van der Waals surface area contributed by atoms with E-state index in [0.717, 1.165) is 23.4 Å². The highest BCUT2D eigenvalue weighted by Crippen LogP contribution is 2.21. The fourth-order valence-corrected chi connectivity index (χ4v) is 1.78. The average molecular weight is 215 g/mol. The highest BCUT2D eigenvalue weighted by Gasteiger charge is 2.10. The minimum atomic E-state index is 0.0701. The van der Waals surface area contributed by atoms with E-state index in [1.165, 1.54) is 0 Å². The molecule has 0 amide bonds. The number of nitrogens with two attached hydrogens (primary N) is 1. The molecule has 0 saturated heterocycles. The number of benzene rings is 1. The molecule has 0 aliphatic rings. The van der Waals surface area contributed by atoms with Crippen molar-refractivity contribution in [2.75, 3.05) is 0 Å². The van der Waals surface area contributed by atoms with Crippen LogP contribution in [0, 0.1) is 6.92 Å². The zero-order valence-electron chi connectivity index (χ0n) is 9.72. The summed E-state index contributed by atoms with van der Waals surface area (Å²) in [5.74, 6) is 0. The zero-order valence-corrected chi connectivity index (χ0v) is 9.72. The van der Waals surface area contributed by atoms with Gasteiger partial charge in [-0.15, -0.1) is 0 Å². The molecule has 1 heterocycles. The summed E-state index contributed by atoms with van der Waals surface area (Å²) in [4.78, 5) is 0. The Balaban J connectivity index is 2.48. The van der Waals surface area contributed by atoms with Gasteiger partial charge in [0.2, 0.25) is 0 Å². The van der Waals surface area contributed by atoms with Gasteiger partial charge in [-0.1, -0.05) is 25.1 Å². The number of nitrogens with zero attached hydrogens (tertiary/aromatic N) is 2. The maximum atomic E-state index is 6.10. The van der Waals surface area contributed by atoms with Crippen molar-refractivity contribution in [1.29, 1.82) is 0 Å². The van der Waals surface area contributed by atoms with E-state index < -0.39 is 0 Å². The Labute approximate surface area is 95.9 Å². The Morgan fingerprint density at radius 2 is 2.06 bits per heavy atom. The first-order valence-electron chi connectivity index (χ1n) is 5.59. The average Bonchev–Trinajstić information content (AvgIpc) is 2.75. The summed E-state index contributed by atoms with van der Waals surface area (Å²) >= 11 is 0. The molecule has 2 N–H and O–H groups in total. The largest absolute Gasteiger partial charge is 0.324 e. The highest BCUT2D eigenvalue weighted by molar-refractivity contribution is 5.42. The molecule has 0 fully saturated rings. The van der Waals surface area contributed by atoms with Crippen LogP contribution < -0.4 is 5.73 Å². The molecule has 84 valence electrons. The maximum Gasteiger partial charge on any atom is 0.0693 e. The predicted octanol–water partition coefficient (Wildman–Crippen LogP) is 2.59. The molecule has 1 atom stereocenters. The molecule has 0 saturated carbocycles. The lowest BCUT2D eigenvalue weighted by atomic mass is 10.0. The molecule has 16 heavy (non-hydrogen) atoms. The molecule has 0 bridgehead atoms. The third-order valence-electron chi connectivity index (χ3n) is 2.75. The number of hydrogen-bond donors (Lipinski definition) is 1. The number of aryl methyl sites for hydroxylation is 1. The van der Waals surface area contributed by atoms with Crippen LogP contribution in [0.5, 0.6) is 0 Å². The van der Waals surface area contributed by atoms with Crippen LogP contribution in [0.2, 0.25) is 0 Å². The smallest absolute Gasteiger partial charge is 0.0693 e. The summed E-state index contributed by atoms with van der Waals surface area (Å²) in [5, 5.41) is 4.42. The third-order valence-corrected chi connectivity index (χ3v) is 2.75. The molecular formula is C13H17N3. The molecule has 2 aromatic rings. The normalized spacial score (nSPS) is 12.7. The quantitative estimate of drug-likeness (QED) is 0.855. The van der Waals surface area contributed by atoms with Crippen molar-refractivity contribution in [3.05, 3.63) is 47.8 Å². The molecule has 3 heteroatoms. The monoisotopic (exact) mass is 215 g/mol. The molecule has 1 aromatic carbocycles. The van der Waals surface area contributed by atoms with Gasteiger partial charge in [0, 0.05) is 12.2 Å². The van der Waals surface area contributed by atoms with Crippen LogP contribution in [0.3, 0.4) is 0 Å². The fraction of sp³-hybridized carbons (Fsp3) is 0.308. The predicted molar refractivity (Wildman–Crippen MR) is 65.5 cm³/mol. The summed E-state index contributed by atoms with van der Waals surface area (Å²) in [7, 11) is 0. The van der Waals surface area contributed by atoms with E-state index in [9.17, 15) is 0 Å². The number of rotatable bonds is 3. The fourth-order valence-electron chi connectivity index (χ4n) is 1.78. The summed E-state index contributed by atoms with van der Waals surface area (Å²) in [6.45, 7) is 4.08. The Kier molecular flexibility index (Phi) is 3.06. The van der Waals surface area contributed by atoms with Gasteiger partial charge in [-0.2, -0.15) is 5.10 Å². The van der Waals surface area contributed by atoms with E-state index in [0.29, 0.717) is 0 Å². The first kappa shape index (κ1) is 10.9. The minimum Gasteiger partial charge on any atom is -0.324 e. The van der Waals surface area contributed by atoms with Crippen LogP contribution in [0.4, 0.5) is 0 Å². The molecule has 1 aromatic heterocycles. The standard InChI is InChI=1S/C13H17N3/c1-3-12(14)11-6-4-5-7-13(11)16-9-8-10(2)15-16/h4-9,12H,3,14H2,1-2H3/t12-/m0/s1. The zero-order chi connectivity index (χ0) is 11.5. The molecular weight excluding hydrogens is 198 g/mol. The van der Waals surface area contributed by atoms with E-state index in [-0.39, 0.29) is 6.04 Å². The van der Waals surface area contributed by atoms with Crippen LogP contribution in [-0.2, 0) is 0 Å². The molecule has 0 aliphatic carbocycles. The summed E-state index contributed by atoms with van der Waals surface area (Å²) in [6, 6.07) is 10.2. The second-order valence-electron chi connectivity index (χ2n) is 3.98. The Morgan fingerprint density at radius 1 is 1.31 bits per heavy atom. The second-order valence-corrected chi connectivity index (χ2v) is 3.98. The summed E-state index contributed by atoms with van der Waals surface area (Å²) in [6.07, 6.45) is 2.90. The van der Waals surface area contributed by atoms with Crippen molar-refractivity contribution in [3.8, 4) is 5.69 Å². The van der Waals surface area contributed by atoms with Gasteiger partial charge in [0.05, 0.1) is 11.4 Å². The SMILES string of the molecule is CC[C@H](N)c1ccccc1-n1ccc(C)n1. The Hall–Kier alpha value is -1.61. The van der Waals surface area contributed by atoms with Gasteiger partial charge >= 0.3 is 0 Å². The van der Waals surface area contributed by atoms with Gasteiger partial charge in [0.25, 0.3) is 0 Å². The topological polar surface area (TPSA) is 43.8 Å². The van der Waals surface area contributed by atoms with Crippen molar-refractivity contribution in [2.45, 2.75) is 26.3 Å². The first-order chi connectivity index (χ1) is 7.72. The number of aromatic nitrogens is 2. The van der Waals surface area contributed by atoms with E-state index in [1.54, 1.807) is 0 Å². The molecule has 0 radical (unpaired) electrons. The van der Waals surface area contributed by atoms with Gasteiger partial charge in [-0.05, 0) is 31.0 Å². The third kappa shape index (κ3) is 1.99. The molecule has 2 rings (SSSR count).